The number of carboxylic acid groups (broad SMARTS) is 1. The van der Waals surface area contributed by atoms with Crippen LogP contribution in [0.15, 0.2) is 29.2 Å². The molecule has 88 valence electrons. The second-order valence-electron chi connectivity index (χ2n) is 3.18. The molecule has 0 fully saturated rings. The summed E-state index contributed by atoms with van der Waals surface area (Å²) in [5.74, 6) is -1.40. The van der Waals surface area contributed by atoms with E-state index in [9.17, 15) is 18.0 Å². The zero-order valence-electron chi connectivity index (χ0n) is 9.25. The molecule has 0 aliphatic heterocycles. The van der Waals surface area contributed by atoms with Crippen LogP contribution < -0.4 is 0 Å². The van der Waals surface area contributed by atoms with Crippen molar-refractivity contribution in [3.8, 4) is 0 Å². The Labute approximate surface area is 116 Å². The predicted molar refractivity (Wildman–Crippen MR) is 59.7 cm³/mol. The summed E-state index contributed by atoms with van der Waals surface area (Å²) in [6.07, 6.45) is 0. The molecule has 1 aromatic rings. The monoisotopic (exact) mass is 268 g/mol. The predicted octanol–water partition coefficient (Wildman–Crippen LogP) is 0.333. The molecule has 0 bridgehead atoms. The summed E-state index contributed by atoms with van der Waals surface area (Å²) in [4.78, 5) is 19.4. The van der Waals surface area contributed by atoms with Crippen molar-refractivity contribution in [1.82, 2.24) is 0 Å². The fourth-order valence-corrected chi connectivity index (χ4v) is 1.55. The van der Waals surface area contributed by atoms with Crippen LogP contribution in [0.3, 0.4) is 0 Å². The third kappa shape index (κ3) is 6.54. The first kappa shape index (κ1) is 16.3. The molecule has 0 atom stereocenters. The van der Waals surface area contributed by atoms with Gasteiger partial charge in [-0.2, -0.15) is 8.42 Å². The van der Waals surface area contributed by atoms with Crippen LogP contribution >= 0.6 is 0 Å². The molecule has 17 heavy (non-hydrogen) atoms. The Hall–Kier alpha value is -0.730. The summed E-state index contributed by atoms with van der Waals surface area (Å²) in [6.45, 7) is 1.59. The van der Waals surface area contributed by atoms with Crippen molar-refractivity contribution < 1.29 is 27.7 Å². The molecule has 0 unspecified atom stereocenters. The molecule has 6 nitrogen and oxygen atoms in total. The minimum atomic E-state index is -4.46. The van der Waals surface area contributed by atoms with E-state index in [1.165, 1.54) is 12.1 Å². The van der Waals surface area contributed by atoms with Gasteiger partial charge in [0.25, 0.3) is 10.1 Å². The summed E-state index contributed by atoms with van der Waals surface area (Å²) in [5.41, 5.74) is -0.440. The fraction of sp³-hybridized carbons (Fsp3) is 0.111. The summed E-state index contributed by atoms with van der Waals surface area (Å²) >= 11 is 0.710. The van der Waals surface area contributed by atoms with Crippen LogP contribution in [0.5, 0.6) is 0 Å². The van der Waals surface area contributed by atoms with E-state index in [1.807, 2.05) is 0 Å². The summed E-state index contributed by atoms with van der Waals surface area (Å²) in [6, 6.07) is 4.83. The van der Waals surface area contributed by atoms with E-state index in [2.05, 4.69) is 0 Å². The van der Waals surface area contributed by atoms with Gasteiger partial charge < -0.3 is 5.11 Å². The third-order valence-electron chi connectivity index (χ3n) is 1.40. The zero-order chi connectivity index (χ0) is 13.6. The Morgan fingerprint density at radius 1 is 1.24 bits per heavy atom. The van der Waals surface area contributed by atoms with Gasteiger partial charge in [0.1, 0.15) is 4.90 Å². The number of aromatic carboxylic acids is 1. The molecule has 2 N–H and O–H groups in total. The average molecular weight is 268 g/mol. The van der Waals surface area contributed by atoms with Crippen molar-refractivity contribution in [3.63, 3.8) is 0 Å². The Bertz CT molecular complexity index is 518. The molecule has 0 spiro atoms. The number of rotatable bonds is 2. The SMILES string of the molecule is C[C](=O)[Na].O=C(O)c1ccccc1S(=O)(=O)O. The number of benzene rings is 1. The number of carbonyl (C=O) groups excluding carboxylic acids is 1. The van der Waals surface area contributed by atoms with Gasteiger partial charge in [-0.15, -0.1) is 0 Å². The standard InChI is InChI=1S/C7H6O5S.C2H3O.Na/c8-7(9)5-3-1-2-4-6(5)13(10,11)12;1-2-3;/h1-4H,(H,8,9)(H,10,11,12);1H3;. The molecule has 0 saturated carbocycles. The molecule has 0 amide bonds. The van der Waals surface area contributed by atoms with E-state index in [0.717, 1.165) is 12.1 Å². The average Bonchev–Trinajstić information content (AvgIpc) is 2.15. The van der Waals surface area contributed by atoms with Gasteiger partial charge in [0, 0.05) is 0 Å². The Balaban J connectivity index is 0.000000557. The van der Waals surface area contributed by atoms with Crippen LogP contribution in [-0.2, 0) is 14.9 Å². The second-order valence-corrected chi connectivity index (χ2v) is 5.98. The third-order valence-corrected chi connectivity index (χ3v) is 2.31. The molecule has 1 aromatic carbocycles. The topological polar surface area (TPSA) is 109 Å². The summed E-state index contributed by atoms with van der Waals surface area (Å²) in [7, 11) is -4.46. The summed E-state index contributed by atoms with van der Waals surface area (Å²) < 4.78 is 30.2. The van der Waals surface area contributed by atoms with Crippen molar-refractivity contribution in [2.45, 2.75) is 11.8 Å². The molecular weight excluding hydrogens is 259 g/mol. The first-order valence-electron chi connectivity index (χ1n) is 4.43. The van der Waals surface area contributed by atoms with Crippen molar-refractivity contribution in [1.29, 1.82) is 0 Å². The van der Waals surface area contributed by atoms with Gasteiger partial charge in [-0.1, -0.05) is 12.1 Å². The van der Waals surface area contributed by atoms with Crippen LogP contribution in [0, 0.1) is 0 Å². The zero-order valence-corrected chi connectivity index (χ0v) is 12.1. The van der Waals surface area contributed by atoms with E-state index in [0.29, 0.717) is 31.0 Å². The first-order chi connectivity index (χ1) is 7.66. The molecule has 1 rings (SSSR count). The van der Waals surface area contributed by atoms with Crippen molar-refractivity contribution in [2.24, 2.45) is 0 Å². The Kier molecular flexibility index (Phi) is 6.58. The van der Waals surface area contributed by atoms with Crippen LogP contribution in [0.2, 0.25) is 0 Å². The number of hydrogen-bond acceptors (Lipinski definition) is 4. The van der Waals surface area contributed by atoms with Crippen LogP contribution in [0.4, 0.5) is 0 Å². The fourth-order valence-electron chi connectivity index (χ4n) is 0.868. The maximum atomic E-state index is 10.7. The summed E-state index contributed by atoms with van der Waals surface area (Å²) in [5, 5.41) is 8.55. The van der Waals surface area contributed by atoms with Gasteiger partial charge >= 0.3 is 48.7 Å². The smallest absolute Gasteiger partial charge is 0.337 e. The van der Waals surface area contributed by atoms with E-state index >= 15 is 0 Å². The van der Waals surface area contributed by atoms with E-state index in [4.69, 9.17) is 9.66 Å². The van der Waals surface area contributed by atoms with E-state index in [1.54, 1.807) is 6.92 Å². The van der Waals surface area contributed by atoms with Gasteiger partial charge in [-0.25, -0.2) is 4.79 Å². The molecule has 0 aromatic heterocycles. The molecular formula is C9H9NaO6S. The van der Waals surface area contributed by atoms with Crippen molar-refractivity contribution in [2.75, 3.05) is 0 Å². The van der Waals surface area contributed by atoms with Crippen LogP contribution in [0.1, 0.15) is 17.3 Å². The number of hydrogen-bond donors (Lipinski definition) is 2. The van der Waals surface area contributed by atoms with E-state index in [-0.39, 0.29) is 0 Å². The maximum Gasteiger partial charge on any atom is 0.337 e. The minimum Gasteiger partial charge on any atom is -0.478 e. The van der Waals surface area contributed by atoms with Gasteiger partial charge in [-0.3, -0.25) is 4.55 Å². The largest absolute Gasteiger partial charge is 0.478 e. The Morgan fingerprint density at radius 2 is 1.65 bits per heavy atom. The minimum absolute atomic E-state index is 0.306. The van der Waals surface area contributed by atoms with Crippen molar-refractivity contribution in [3.05, 3.63) is 29.8 Å². The molecule has 0 aliphatic rings. The molecule has 8 heteroatoms. The number of carbonyl (C=O) groups is 2. The van der Waals surface area contributed by atoms with Crippen LogP contribution in [0.25, 0.3) is 0 Å². The molecule has 0 heterocycles. The normalized spacial score (nSPS) is 10.1. The quantitative estimate of drug-likeness (QED) is 0.591. The van der Waals surface area contributed by atoms with Crippen molar-refractivity contribution >= 4 is 47.1 Å². The number of carboxylic acids is 1. The molecule has 0 saturated heterocycles. The maximum absolute atomic E-state index is 10.7. The Morgan fingerprint density at radius 3 is 1.94 bits per heavy atom. The van der Waals surface area contributed by atoms with Gasteiger partial charge in [0.15, 0.2) is 0 Å². The van der Waals surface area contributed by atoms with Gasteiger partial charge in [-0.05, 0) is 12.1 Å². The van der Waals surface area contributed by atoms with E-state index < -0.39 is 26.5 Å². The molecule has 0 radical (unpaired) electrons. The molecule has 0 aliphatic carbocycles. The van der Waals surface area contributed by atoms with Crippen LogP contribution in [-0.4, -0.2) is 55.0 Å². The van der Waals surface area contributed by atoms with Gasteiger partial charge in [0.05, 0.1) is 5.56 Å². The second kappa shape index (κ2) is 6.87. The van der Waals surface area contributed by atoms with Gasteiger partial charge in [0.2, 0.25) is 0 Å². The first-order valence-corrected chi connectivity index (χ1v) is 6.87.